The lowest BCUT2D eigenvalue weighted by Gasteiger charge is -2.21. The summed E-state index contributed by atoms with van der Waals surface area (Å²) < 4.78 is 0.656. The molecule has 1 saturated heterocycles. The minimum Gasteiger partial charge on any atom is -0.370 e. The average Bonchev–Trinajstić information content (AvgIpc) is 3.02. The van der Waals surface area contributed by atoms with Gasteiger partial charge in [-0.1, -0.05) is 18.2 Å². The molecule has 2 heterocycles. The molecule has 3 rings (SSSR count). The number of amides is 1. The summed E-state index contributed by atoms with van der Waals surface area (Å²) in [5, 5.41) is 2.97. The van der Waals surface area contributed by atoms with Gasteiger partial charge >= 0.3 is 0 Å². The first-order valence-electron chi connectivity index (χ1n) is 7.02. The molecule has 0 spiro atoms. The Morgan fingerprint density at radius 3 is 2.62 bits per heavy atom. The molecule has 1 amide bonds. The van der Waals surface area contributed by atoms with Crippen LogP contribution in [0.1, 0.15) is 23.3 Å². The van der Waals surface area contributed by atoms with Gasteiger partial charge in [-0.05, 0) is 53.0 Å². The van der Waals surface area contributed by atoms with E-state index in [9.17, 15) is 4.79 Å². The van der Waals surface area contributed by atoms with Gasteiger partial charge in [-0.2, -0.15) is 0 Å². The maximum atomic E-state index is 12.3. The number of nitrogens with zero attached hydrogens (tertiary/aromatic N) is 2. The molecule has 108 valence electrons. The number of carbonyl (C=O) groups is 1. The van der Waals surface area contributed by atoms with E-state index in [-0.39, 0.29) is 5.91 Å². The molecule has 1 fully saturated rings. The Balaban J connectivity index is 1.83. The van der Waals surface area contributed by atoms with Gasteiger partial charge in [-0.15, -0.1) is 0 Å². The molecular weight excluding hydrogens is 330 g/mol. The number of halogens is 1. The summed E-state index contributed by atoms with van der Waals surface area (Å²) in [5.41, 5.74) is 2.32. The Hall–Kier alpha value is -1.88. The van der Waals surface area contributed by atoms with Crippen LogP contribution in [-0.2, 0) is 0 Å². The Kier molecular flexibility index (Phi) is 4.20. The molecule has 1 aliphatic rings. The quantitative estimate of drug-likeness (QED) is 0.862. The molecule has 5 heteroatoms. The van der Waals surface area contributed by atoms with E-state index in [0.29, 0.717) is 10.3 Å². The second-order valence-electron chi connectivity index (χ2n) is 5.01. The number of aromatic nitrogens is 1. The summed E-state index contributed by atoms with van der Waals surface area (Å²) in [6.45, 7) is 2.09. The van der Waals surface area contributed by atoms with Gasteiger partial charge in [0.15, 0.2) is 0 Å². The van der Waals surface area contributed by atoms with Crippen molar-refractivity contribution < 1.29 is 4.79 Å². The van der Waals surface area contributed by atoms with E-state index in [1.807, 2.05) is 18.2 Å². The van der Waals surface area contributed by atoms with Crippen molar-refractivity contribution in [2.45, 2.75) is 12.8 Å². The fourth-order valence-electron chi connectivity index (χ4n) is 2.53. The molecular formula is C16H16BrN3O. The van der Waals surface area contributed by atoms with Gasteiger partial charge in [-0.25, -0.2) is 4.98 Å². The molecule has 2 aromatic rings. The second kappa shape index (κ2) is 6.26. The molecule has 1 aliphatic heterocycles. The summed E-state index contributed by atoms with van der Waals surface area (Å²) in [6.07, 6.45) is 2.41. The van der Waals surface area contributed by atoms with Gasteiger partial charge < -0.3 is 10.2 Å². The van der Waals surface area contributed by atoms with Crippen molar-refractivity contribution in [3.63, 3.8) is 0 Å². The van der Waals surface area contributed by atoms with Crippen LogP contribution in [-0.4, -0.2) is 24.0 Å². The highest BCUT2D eigenvalue weighted by molar-refractivity contribution is 9.10. The number of pyridine rings is 1. The normalized spacial score (nSPS) is 14.2. The third-order valence-electron chi connectivity index (χ3n) is 3.55. The van der Waals surface area contributed by atoms with Crippen molar-refractivity contribution in [2.75, 3.05) is 23.3 Å². The minimum absolute atomic E-state index is 0.192. The lowest BCUT2D eigenvalue weighted by atomic mass is 10.2. The second-order valence-corrected chi connectivity index (χ2v) is 5.82. The van der Waals surface area contributed by atoms with E-state index in [2.05, 4.69) is 37.2 Å². The van der Waals surface area contributed by atoms with Crippen molar-refractivity contribution in [1.29, 1.82) is 0 Å². The fourth-order valence-corrected chi connectivity index (χ4v) is 2.88. The van der Waals surface area contributed by atoms with Gasteiger partial charge in [-0.3, -0.25) is 4.79 Å². The first kappa shape index (κ1) is 14.1. The topological polar surface area (TPSA) is 45.2 Å². The van der Waals surface area contributed by atoms with Gasteiger partial charge in [0.2, 0.25) is 0 Å². The van der Waals surface area contributed by atoms with Crippen molar-refractivity contribution >= 4 is 33.2 Å². The zero-order valence-electron chi connectivity index (χ0n) is 11.6. The van der Waals surface area contributed by atoms with E-state index < -0.39 is 0 Å². The number of hydrogen-bond donors (Lipinski definition) is 1. The predicted octanol–water partition coefficient (Wildman–Crippen LogP) is 3.70. The van der Waals surface area contributed by atoms with Crippen LogP contribution >= 0.6 is 15.9 Å². The van der Waals surface area contributed by atoms with Crippen molar-refractivity contribution in [3.05, 3.63) is 52.8 Å². The predicted molar refractivity (Wildman–Crippen MR) is 87.8 cm³/mol. The Morgan fingerprint density at radius 2 is 1.86 bits per heavy atom. The maximum Gasteiger partial charge on any atom is 0.274 e. The molecule has 0 atom stereocenters. The zero-order chi connectivity index (χ0) is 14.7. The summed E-state index contributed by atoms with van der Waals surface area (Å²) in [6, 6.07) is 13.2. The zero-order valence-corrected chi connectivity index (χ0v) is 13.1. The molecule has 0 aliphatic carbocycles. The van der Waals surface area contributed by atoms with Crippen LogP contribution in [0.15, 0.2) is 47.1 Å². The van der Waals surface area contributed by atoms with E-state index in [0.717, 1.165) is 24.5 Å². The average molecular weight is 346 g/mol. The molecule has 1 N–H and O–H groups in total. The summed E-state index contributed by atoms with van der Waals surface area (Å²) >= 11 is 3.28. The van der Waals surface area contributed by atoms with Crippen LogP contribution in [0, 0.1) is 0 Å². The Morgan fingerprint density at radius 1 is 1.10 bits per heavy atom. The van der Waals surface area contributed by atoms with Gasteiger partial charge in [0.05, 0.1) is 11.4 Å². The third kappa shape index (κ3) is 3.24. The first-order valence-corrected chi connectivity index (χ1v) is 7.81. The molecule has 21 heavy (non-hydrogen) atoms. The van der Waals surface area contributed by atoms with Crippen LogP contribution in [0.2, 0.25) is 0 Å². The SMILES string of the molecule is O=C(Nc1ccccc1N1CCCC1)c1cccc(Br)n1. The summed E-state index contributed by atoms with van der Waals surface area (Å²) in [5.74, 6) is -0.192. The molecule has 1 aromatic carbocycles. The lowest BCUT2D eigenvalue weighted by molar-refractivity contribution is 0.102. The standard InChI is InChI=1S/C16H16BrN3O/c17-15-9-5-7-13(18-15)16(21)19-12-6-1-2-8-14(12)20-10-3-4-11-20/h1-2,5-9H,3-4,10-11H2,(H,19,21). The fraction of sp³-hybridized carbons (Fsp3) is 0.250. The minimum atomic E-state index is -0.192. The number of benzene rings is 1. The highest BCUT2D eigenvalue weighted by atomic mass is 79.9. The van der Waals surface area contributed by atoms with E-state index >= 15 is 0 Å². The number of para-hydroxylation sites is 2. The number of rotatable bonds is 3. The molecule has 0 bridgehead atoms. The first-order chi connectivity index (χ1) is 10.2. The van der Waals surface area contributed by atoms with E-state index in [4.69, 9.17) is 0 Å². The maximum absolute atomic E-state index is 12.3. The van der Waals surface area contributed by atoms with Crippen LogP contribution in [0.5, 0.6) is 0 Å². The van der Waals surface area contributed by atoms with Crippen LogP contribution in [0.25, 0.3) is 0 Å². The van der Waals surface area contributed by atoms with Crippen LogP contribution in [0.3, 0.4) is 0 Å². The van der Waals surface area contributed by atoms with Crippen LogP contribution < -0.4 is 10.2 Å². The number of anilines is 2. The third-order valence-corrected chi connectivity index (χ3v) is 3.99. The summed E-state index contributed by atoms with van der Waals surface area (Å²) in [4.78, 5) is 18.8. The lowest BCUT2D eigenvalue weighted by Crippen LogP contribution is -2.21. The van der Waals surface area contributed by atoms with Crippen LogP contribution in [0.4, 0.5) is 11.4 Å². The smallest absolute Gasteiger partial charge is 0.274 e. The Labute approximate surface area is 132 Å². The monoisotopic (exact) mass is 345 g/mol. The van der Waals surface area contributed by atoms with E-state index in [1.54, 1.807) is 18.2 Å². The molecule has 0 radical (unpaired) electrons. The van der Waals surface area contributed by atoms with E-state index in [1.165, 1.54) is 12.8 Å². The van der Waals surface area contributed by atoms with Gasteiger partial charge in [0.25, 0.3) is 5.91 Å². The highest BCUT2D eigenvalue weighted by Gasteiger charge is 2.17. The largest absolute Gasteiger partial charge is 0.370 e. The molecule has 4 nitrogen and oxygen atoms in total. The van der Waals surface area contributed by atoms with Crippen molar-refractivity contribution in [1.82, 2.24) is 4.98 Å². The molecule has 0 unspecified atom stereocenters. The van der Waals surface area contributed by atoms with Gasteiger partial charge in [0.1, 0.15) is 10.3 Å². The number of nitrogens with one attached hydrogen (secondary N) is 1. The van der Waals surface area contributed by atoms with Gasteiger partial charge in [0, 0.05) is 13.1 Å². The highest BCUT2D eigenvalue weighted by Crippen LogP contribution is 2.28. The van der Waals surface area contributed by atoms with Crippen molar-refractivity contribution in [3.8, 4) is 0 Å². The number of hydrogen-bond acceptors (Lipinski definition) is 3. The molecule has 0 saturated carbocycles. The molecule has 1 aromatic heterocycles. The summed E-state index contributed by atoms with van der Waals surface area (Å²) in [7, 11) is 0. The van der Waals surface area contributed by atoms with Crippen molar-refractivity contribution in [2.24, 2.45) is 0 Å². The number of carbonyl (C=O) groups excluding carboxylic acids is 1. The Bertz CT molecular complexity index is 653.